The maximum absolute atomic E-state index is 15.8. The van der Waals surface area contributed by atoms with Crippen molar-refractivity contribution in [2.24, 2.45) is 0 Å². The summed E-state index contributed by atoms with van der Waals surface area (Å²) in [6.45, 7) is 0. The highest BCUT2D eigenvalue weighted by Crippen LogP contribution is 2.41. The van der Waals surface area contributed by atoms with Crippen LogP contribution >= 0.6 is 0 Å². The van der Waals surface area contributed by atoms with E-state index in [4.69, 9.17) is 0 Å². The third kappa shape index (κ3) is 2.51. The third-order valence-electron chi connectivity index (χ3n) is 5.15. The zero-order valence-corrected chi connectivity index (χ0v) is 14.7. The molecule has 0 radical (unpaired) electrons. The zero-order valence-electron chi connectivity index (χ0n) is 14.7. The van der Waals surface area contributed by atoms with Gasteiger partial charge in [0.1, 0.15) is 5.82 Å². The number of fused-ring (bicyclic) bond motifs is 3. The Balaban J connectivity index is 1.94. The molecule has 0 aliphatic rings. The summed E-state index contributed by atoms with van der Waals surface area (Å²) in [5.41, 5.74) is 3.72. The SMILES string of the molecule is Fc1c(-c2ccccc2-c2ccccc2)c2ccccc2c2ccccc12. The van der Waals surface area contributed by atoms with Gasteiger partial charge in [0.15, 0.2) is 0 Å². The lowest BCUT2D eigenvalue weighted by Crippen LogP contribution is -1.93. The van der Waals surface area contributed by atoms with Crippen molar-refractivity contribution in [3.63, 3.8) is 0 Å². The Kier molecular flexibility index (Phi) is 3.72. The molecule has 5 aromatic rings. The fourth-order valence-corrected chi connectivity index (χ4v) is 3.93. The van der Waals surface area contributed by atoms with Crippen LogP contribution < -0.4 is 0 Å². The first kappa shape index (κ1) is 15.8. The van der Waals surface area contributed by atoms with Crippen LogP contribution in [0.1, 0.15) is 0 Å². The van der Waals surface area contributed by atoms with Crippen molar-refractivity contribution < 1.29 is 4.39 Å². The number of benzene rings is 5. The second-order valence-corrected chi connectivity index (χ2v) is 6.69. The van der Waals surface area contributed by atoms with Crippen LogP contribution in [0.15, 0.2) is 103 Å². The summed E-state index contributed by atoms with van der Waals surface area (Å²) in [5, 5.41) is 3.63. The average Bonchev–Trinajstić information content (AvgIpc) is 2.75. The van der Waals surface area contributed by atoms with Gasteiger partial charge >= 0.3 is 0 Å². The molecule has 1 heteroatoms. The van der Waals surface area contributed by atoms with Gasteiger partial charge < -0.3 is 0 Å². The molecule has 5 aromatic carbocycles. The van der Waals surface area contributed by atoms with Gasteiger partial charge in [-0.15, -0.1) is 0 Å². The maximum atomic E-state index is 15.8. The molecule has 128 valence electrons. The van der Waals surface area contributed by atoms with Crippen molar-refractivity contribution in [2.45, 2.75) is 0 Å². The largest absolute Gasteiger partial charge is 0.206 e. The summed E-state index contributed by atoms with van der Waals surface area (Å²) in [7, 11) is 0. The van der Waals surface area contributed by atoms with Gasteiger partial charge in [-0.3, -0.25) is 0 Å². The molecular formula is C26H17F. The summed E-state index contributed by atoms with van der Waals surface area (Å²) < 4.78 is 15.8. The molecule has 0 saturated heterocycles. The Bertz CT molecular complexity index is 1270. The molecule has 5 rings (SSSR count). The smallest absolute Gasteiger partial charge is 0.139 e. The van der Waals surface area contributed by atoms with Crippen molar-refractivity contribution in [3.8, 4) is 22.3 Å². The van der Waals surface area contributed by atoms with Gasteiger partial charge in [0.25, 0.3) is 0 Å². The van der Waals surface area contributed by atoms with Crippen LogP contribution in [0.4, 0.5) is 4.39 Å². The monoisotopic (exact) mass is 348 g/mol. The first-order chi connectivity index (χ1) is 13.3. The molecule has 0 amide bonds. The highest BCUT2D eigenvalue weighted by Gasteiger charge is 2.18. The van der Waals surface area contributed by atoms with Crippen LogP contribution in [0.25, 0.3) is 43.8 Å². The first-order valence-electron chi connectivity index (χ1n) is 9.08. The molecule has 0 heterocycles. The molecule has 0 unspecified atom stereocenters. The van der Waals surface area contributed by atoms with E-state index in [2.05, 4.69) is 24.3 Å². The van der Waals surface area contributed by atoms with Gasteiger partial charge in [-0.1, -0.05) is 103 Å². The average molecular weight is 348 g/mol. The van der Waals surface area contributed by atoms with E-state index < -0.39 is 0 Å². The molecule has 0 aromatic heterocycles. The Hall–Kier alpha value is -3.45. The number of rotatable bonds is 2. The van der Waals surface area contributed by atoms with Crippen LogP contribution in [0.2, 0.25) is 0 Å². The summed E-state index contributed by atoms with van der Waals surface area (Å²) in [4.78, 5) is 0. The summed E-state index contributed by atoms with van der Waals surface area (Å²) in [5.74, 6) is -0.160. The quantitative estimate of drug-likeness (QED) is 0.290. The second-order valence-electron chi connectivity index (χ2n) is 6.69. The number of hydrogen-bond acceptors (Lipinski definition) is 0. The molecule has 0 saturated carbocycles. The Labute approximate surface area is 157 Å². The highest BCUT2D eigenvalue weighted by atomic mass is 19.1. The summed E-state index contributed by atoms with van der Waals surface area (Å²) >= 11 is 0. The molecule has 27 heavy (non-hydrogen) atoms. The predicted octanol–water partition coefficient (Wildman–Crippen LogP) is 7.47. The molecule has 0 aliphatic heterocycles. The van der Waals surface area contributed by atoms with Crippen molar-refractivity contribution in [2.75, 3.05) is 0 Å². The standard InChI is InChI=1S/C26H17F/c27-26-24-17-9-6-14-21(24)20-13-5-8-16-23(20)25(26)22-15-7-4-12-19(22)18-10-2-1-3-11-18/h1-17H. The third-order valence-corrected chi connectivity index (χ3v) is 5.15. The van der Waals surface area contributed by atoms with Gasteiger partial charge in [-0.2, -0.15) is 0 Å². The van der Waals surface area contributed by atoms with Crippen LogP contribution in [0.3, 0.4) is 0 Å². The molecule has 0 fully saturated rings. The van der Waals surface area contributed by atoms with Crippen molar-refractivity contribution in [1.29, 1.82) is 0 Å². The van der Waals surface area contributed by atoms with Crippen molar-refractivity contribution in [1.82, 2.24) is 0 Å². The lowest BCUT2D eigenvalue weighted by molar-refractivity contribution is 0.644. The van der Waals surface area contributed by atoms with Crippen molar-refractivity contribution >= 4 is 21.5 Å². The molecular weight excluding hydrogens is 331 g/mol. The number of halogens is 1. The number of hydrogen-bond donors (Lipinski definition) is 0. The summed E-state index contributed by atoms with van der Waals surface area (Å²) in [6, 6.07) is 34.0. The van der Waals surface area contributed by atoms with E-state index in [1.54, 1.807) is 0 Å². The molecule has 0 N–H and O–H groups in total. The van der Waals surface area contributed by atoms with E-state index >= 15 is 4.39 Å². The maximum Gasteiger partial charge on any atom is 0.139 e. The van der Waals surface area contributed by atoms with Crippen molar-refractivity contribution in [3.05, 3.63) is 109 Å². The fourth-order valence-electron chi connectivity index (χ4n) is 3.93. The first-order valence-corrected chi connectivity index (χ1v) is 9.08. The highest BCUT2D eigenvalue weighted by molar-refractivity contribution is 6.15. The fraction of sp³-hybridized carbons (Fsp3) is 0. The van der Waals surface area contributed by atoms with Gasteiger partial charge in [0.05, 0.1) is 0 Å². The van der Waals surface area contributed by atoms with E-state index in [0.717, 1.165) is 32.8 Å². The lowest BCUT2D eigenvalue weighted by Gasteiger charge is -2.16. The Morgan fingerprint density at radius 2 is 0.889 bits per heavy atom. The lowest BCUT2D eigenvalue weighted by atomic mass is 9.88. The van der Waals surface area contributed by atoms with Crippen LogP contribution in [0.5, 0.6) is 0 Å². The van der Waals surface area contributed by atoms with E-state index in [0.29, 0.717) is 10.9 Å². The predicted molar refractivity (Wildman–Crippen MR) is 112 cm³/mol. The van der Waals surface area contributed by atoms with E-state index in [-0.39, 0.29) is 5.82 Å². The molecule has 0 aliphatic carbocycles. The minimum atomic E-state index is -0.160. The van der Waals surface area contributed by atoms with Gasteiger partial charge in [0, 0.05) is 10.9 Å². The van der Waals surface area contributed by atoms with Crippen LogP contribution in [-0.2, 0) is 0 Å². The molecule has 0 atom stereocenters. The summed E-state index contributed by atoms with van der Waals surface area (Å²) in [6.07, 6.45) is 0. The molecule has 0 spiro atoms. The topological polar surface area (TPSA) is 0 Å². The Morgan fingerprint density at radius 1 is 0.407 bits per heavy atom. The van der Waals surface area contributed by atoms with E-state index in [9.17, 15) is 0 Å². The van der Waals surface area contributed by atoms with Gasteiger partial charge in [-0.05, 0) is 32.8 Å². The van der Waals surface area contributed by atoms with E-state index in [1.807, 2.05) is 78.9 Å². The van der Waals surface area contributed by atoms with Gasteiger partial charge in [0.2, 0.25) is 0 Å². The molecule has 0 bridgehead atoms. The molecule has 0 nitrogen and oxygen atoms in total. The van der Waals surface area contributed by atoms with Crippen LogP contribution in [-0.4, -0.2) is 0 Å². The Morgan fingerprint density at radius 3 is 1.59 bits per heavy atom. The minimum absolute atomic E-state index is 0.160. The minimum Gasteiger partial charge on any atom is -0.206 e. The van der Waals surface area contributed by atoms with Gasteiger partial charge in [-0.25, -0.2) is 4.39 Å². The second kappa shape index (κ2) is 6.37. The van der Waals surface area contributed by atoms with E-state index in [1.165, 1.54) is 0 Å². The zero-order chi connectivity index (χ0) is 18.2. The normalized spacial score (nSPS) is 11.1. The van der Waals surface area contributed by atoms with Crippen LogP contribution in [0, 0.1) is 5.82 Å².